The lowest BCUT2D eigenvalue weighted by Crippen LogP contribution is -2.21. The minimum atomic E-state index is -0.0110. The van der Waals surface area contributed by atoms with E-state index in [1.807, 2.05) is 11.8 Å². The highest BCUT2D eigenvalue weighted by atomic mass is 32.2. The molecule has 2 saturated carbocycles. The number of aliphatic hydroxyl groups excluding tert-OH is 1. The van der Waals surface area contributed by atoms with Crippen molar-refractivity contribution in [3.8, 4) is 0 Å². The van der Waals surface area contributed by atoms with Gasteiger partial charge in [0.25, 0.3) is 0 Å². The monoisotopic (exact) mass is 214 g/mol. The van der Waals surface area contributed by atoms with E-state index < -0.39 is 0 Å². The summed E-state index contributed by atoms with van der Waals surface area (Å²) in [6.45, 7) is 0. The Morgan fingerprint density at radius 2 is 1.57 bits per heavy atom. The predicted molar refractivity (Wildman–Crippen MR) is 62.7 cm³/mol. The first kappa shape index (κ1) is 10.8. The molecular formula is C12H22OS. The summed E-state index contributed by atoms with van der Waals surface area (Å²) in [5, 5.41) is 10.9. The molecule has 0 heterocycles. The zero-order valence-corrected chi connectivity index (χ0v) is 9.77. The van der Waals surface area contributed by atoms with Gasteiger partial charge >= 0.3 is 0 Å². The van der Waals surface area contributed by atoms with Crippen LogP contribution in [0.25, 0.3) is 0 Å². The Hall–Kier alpha value is 0.310. The molecule has 0 aromatic heterocycles. The average Bonchev–Trinajstić information content (AvgIpc) is 2.87. The van der Waals surface area contributed by atoms with Crippen molar-refractivity contribution >= 4 is 11.8 Å². The molecule has 2 aliphatic rings. The van der Waals surface area contributed by atoms with E-state index in [2.05, 4.69) is 0 Å². The highest BCUT2D eigenvalue weighted by Crippen LogP contribution is 2.33. The molecule has 1 nitrogen and oxygen atoms in total. The summed E-state index contributed by atoms with van der Waals surface area (Å²) in [5.41, 5.74) is 0. The summed E-state index contributed by atoms with van der Waals surface area (Å²) >= 11 is 2.03. The van der Waals surface area contributed by atoms with Crippen molar-refractivity contribution in [1.29, 1.82) is 0 Å². The fourth-order valence-corrected chi connectivity index (χ4v) is 4.18. The van der Waals surface area contributed by atoms with Crippen LogP contribution in [0.2, 0.25) is 0 Å². The van der Waals surface area contributed by atoms with E-state index in [1.54, 1.807) is 0 Å². The van der Waals surface area contributed by atoms with Gasteiger partial charge in [0.15, 0.2) is 0 Å². The quantitative estimate of drug-likeness (QED) is 0.775. The van der Waals surface area contributed by atoms with Gasteiger partial charge in [0.05, 0.1) is 6.10 Å². The lowest BCUT2D eigenvalue weighted by atomic mass is 10.0. The number of aliphatic hydroxyl groups is 1. The Kier molecular flexibility index (Phi) is 4.18. The van der Waals surface area contributed by atoms with Gasteiger partial charge in [0.2, 0.25) is 0 Å². The minimum Gasteiger partial charge on any atom is -0.392 e. The summed E-state index contributed by atoms with van der Waals surface area (Å²) in [6, 6.07) is 0. The van der Waals surface area contributed by atoms with Crippen LogP contribution < -0.4 is 0 Å². The van der Waals surface area contributed by atoms with Gasteiger partial charge < -0.3 is 5.11 Å². The number of hydrogen-bond acceptors (Lipinski definition) is 2. The van der Waals surface area contributed by atoms with Crippen LogP contribution in [0.3, 0.4) is 0 Å². The van der Waals surface area contributed by atoms with Gasteiger partial charge in [0.1, 0.15) is 0 Å². The lowest BCUT2D eigenvalue weighted by Gasteiger charge is -2.19. The topological polar surface area (TPSA) is 20.2 Å². The molecule has 2 heteroatoms. The van der Waals surface area contributed by atoms with Gasteiger partial charge in [-0.15, -0.1) is 0 Å². The second-order valence-electron chi connectivity index (χ2n) is 4.85. The van der Waals surface area contributed by atoms with Crippen LogP contribution >= 0.6 is 11.8 Å². The molecule has 0 radical (unpaired) electrons. The molecule has 0 aromatic carbocycles. The van der Waals surface area contributed by atoms with Crippen molar-refractivity contribution in [2.45, 2.75) is 62.7 Å². The zero-order valence-electron chi connectivity index (χ0n) is 8.95. The fraction of sp³-hybridized carbons (Fsp3) is 1.00. The Morgan fingerprint density at radius 1 is 1.00 bits per heavy atom. The van der Waals surface area contributed by atoms with Crippen molar-refractivity contribution in [2.75, 3.05) is 5.75 Å². The van der Waals surface area contributed by atoms with Crippen molar-refractivity contribution in [1.82, 2.24) is 0 Å². The van der Waals surface area contributed by atoms with Gasteiger partial charge in [-0.1, -0.05) is 25.7 Å². The van der Waals surface area contributed by atoms with Gasteiger partial charge in [-0.05, 0) is 31.6 Å². The molecule has 2 rings (SSSR count). The van der Waals surface area contributed by atoms with Gasteiger partial charge in [-0.25, -0.2) is 0 Å². The first-order chi connectivity index (χ1) is 6.86. The Labute approximate surface area is 91.7 Å². The molecule has 0 amide bonds. The highest BCUT2D eigenvalue weighted by molar-refractivity contribution is 7.99. The van der Waals surface area contributed by atoms with Gasteiger partial charge in [-0.3, -0.25) is 0 Å². The summed E-state index contributed by atoms with van der Waals surface area (Å²) in [5.74, 6) is 1.62. The molecule has 0 saturated heterocycles. The van der Waals surface area contributed by atoms with E-state index in [0.29, 0.717) is 5.92 Å². The number of thioether (sulfide) groups is 1. The smallest absolute Gasteiger partial charge is 0.0658 e. The molecule has 0 aromatic rings. The maximum absolute atomic E-state index is 9.99. The predicted octanol–water partition coefficient (Wildman–Crippen LogP) is 3.21. The molecule has 14 heavy (non-hydrogen) atoms. The fourth-order valence-electron chi connectivity index (χ4n) is 2.77. The van der Waals surface area contributed by atoms with Gasteiger partial charge in [0, 0.05) is 11.0 Å². The summed E-state index contributed by atoms with van der Waals surface area (Å²) in [7, 11) is 0. The Morgan fingerprint density at radius 3 is 2.21 bits per heavy atom. The molecular weight excluding hydrogens is 192 g/mol. The SMILES string of the molecule is OC(CSC1CCCC1)C1CCCC1. The molecule has 1 N–H and O–H groups in total. The van der Waals surface area contributed by atoms with Crippen LogP contribution in [0.1, 0.15) is 51.4 Å². The van der Waals surface area contributed by atoms with Crippen molar-refractivity contribution in [2.24, 2.45) is 5.92 Å². The van der Waals surface area contributed by atoms with E-state index in [4.69, 9.17) is 0 Å². The Bertz CT molecular complexity index is 160. The third-order valence-electron chi connectivity index (χ3n) is 3.75. The molecule has 1 atom stereocenters. The molecule has 2 fully saturated rings. The van der Waals surface area contributed by atoms with Crippen LogP contribution in [0.4, 0.5) is 0 Å². The van der Waals surface area contributed by atoms with Crippen molar-refractivity contribution < 1.29 is 5.11 Å². The second-order valence-corrected chi connectivity index (χ2v) is 6.19. The van der Waals surface area contributed by atoms with E-state index >= 15 is 0 Å². The summed E-state index contributed by atoms with van der Waals surface area (Å²) in [6.07, 6.45) is 10.8. The largest absolute Gasteiger partial charge is 0.392 e. The van der Waals surface area contributed by atoms with E-state index in [9.17, 15) is 5.11 Å². The first-order valence-corrected chi connectivity index (χ1v) is 7.21. The van der Waals surface area contributed by atoms with Crippen molar-refractivity contribution in [3.63, 3.8) is 0 Å². The van der Waals surface area contributed by atoms with Crippen LogP contribution in [-0.2, 0) is 0 Å². The van der Waals surface area contributed by atoms with Crippen LogP contribution in [0, 0.1) is 5.92 Å². The minimum absolute atomic E-state index is 0.0110. The highest BCUT2D eigenvalue weighted by Gasteiger charge is 2.24. The van der Waals surface area contributed by atoms with Crippen LogP contribution in [0.15, 0.2) is 0 Å². The molecule has 2 aliphatic carbocycles. The normalized spacial score (nSPS) is 27.2. The second kappa shape index (κ2) is 5.41. The van der Waals surface area contributed by atoms with Crippen LogP contribution in [0.5, 0.6) is 0 Å². The third kappa shape index (κ3) is 2.90. The maximum Gasteiger partial charge on any atom is 0.0658 e. The van der Waals surface area contributed by atoms with Gasteiger partial charge in [-0.2, -0.15) is 11.8 Å². The molecule has 0 aliphatic heterocycles. The zero-order chi connectivity index (χ0) is 9.80. The molecule has 1 unspecified atom stereocenters. The molecule has 0 spiro atoms. The number of rotatable bonds is 4. The lowest BCUT2D eigenvalue weighted by molar-refractivity contribution is 0.133. The van der Waals surface area contributed by atoms with E-state index in [1.165, 1.54) is 51.4 Å². The van der Waals surface area contributed by atoms with E-state index in [-0.39, 0.29) is 6.10 Å². The third-order valence-corrected chi connectivity index (χ3v) is 5.23. The van der Waals surface area contributed by atoms with E-state index in [0.717, 1.165) is 11.0 Å². The Balaban J connectivity index is 1.63. The first-order valence-electron chi connectivity index (χ1n) is 6.16. The average molecular weight is 214 g/mol. The standard InChI is InChI=1S/C12H22OS/c13-12(10-5-1-2-6-10)9-14-11-7-3-4-8-11/h10-13H,1-9H2. The van der Waals surface area contributed by atoms with Crippen molar-refractivity contribution in [3.05, 3.63) is 0 Å². The summed E-state index contributed by atoms with van der Waals surface area (Å²) < 4.78 is 0. The number of hydrogen-bond donors (Lipinski definition) is 1. The molecule has 0 bridgehead atoms. The summed E-state index contributed by atoms with van der Waals surface area (Å²) in [4.78, 5) is 0. The molecule has 82 valence electrons. The maximum atomic E-state index is 9.99. The van der Waals surface area contributed by atoms with Crippen LogP contribution in [-0.4, -0.2) is 22.2 Å².